The highest BCUT2D eigenvalue weighted by Gasteiger charge is 2.31. The van der Waals surface area contributed by atoms with Crippen molar-refractivity contribution >= 4 is 11.8 Å². The second-order valence-electron chi connectivity index (χ2n) is 5.22. The molecule has 1 atom stereocenters. The topological polar surface area (TPSA) is 72.6 Å². The van der Waals surface area contributed by atoms with Gasteiger partial charge in [-0.1, -0.05) is 12.8 Å². The number of amides is 2. The summed E-state index contributed by atoms with van der Waals surface area (Å²) < 4.78 is 5.60. The lowest BCUT2D eigenvalue weighted by molar-refractivity contribution is -0.146. The number of rotatable bonds is 4. The highest BCUT2D eigenvalue weighted by atomic mass is 16.5. The molecule has 1 aliphatic heterocycles. The predicted octanol–water partition coefficient (Wildman–Crippen LogP) is 0.812. The molecule has 0 aromatic heterocycles. The summed E-state index contributed by atoms with van der Waals surface area (Å²) in [4.78, 5) is 25.0. The maximum atomic E-state index is 12.1. The zero-order valence-electron chi connectivity index (χ0n) is 10.8. The molecule has 1 saturated heterocycles. The third-order valence-electron chi connectivity index (χ3n) is 3.90. The highest BCUT2D eigenvalue weighted by Crippen LogP contribution is 2.22. The molecule has 2 N–H and O–H groups in total. The van der Waals surface area contributed by atoms with Crippen molar-refractivity contribution in [2.24, 2.45) is 5.73 Å². The average molecular weight is 254 g/mol. The van der Waals surface area contributed by atoms with Gasteiger partial charge in [-0.25, -0.2) is 0 Å². The Morgan fingerprint density at radius 3 is 2.44 bits per heavy atom. The van der Waals surface area contributed by atoms with Crippen molar-refractivity contribution in [3.8, 4) is 0 Å². The molecule has 0 aromatic rings. The molecule has 2 fully saturated rings. The van der Waals surface area contributed by atoms with Gasteiger partial charge in [0.25, 0.3) is 0 Å². The molecule has 2 aliphatic rings. The molecular formula is C13H22N2O3. The molecule has 5 heteroatoms. The van der Waals surface area contributed by atoms with Gasteiger partial charge in [0.05, 0.1) is 6.10 Å². The van der Waals surface area contributed by atoms with Crippen LogP contribution >= 0.6 is 0 Å². The smallest absolute Gasteiger partial charge is 0.249 e. The number of likely N-dealkylation sites (tertiary alicyclic amines) is 1. The third kappa shape index (κ3) is 3.22. The Hall–Kier alpha value is -1.10. The number of hydrogen-bond donors (Lipinski definition) is 1. The third-order valence-corrected chi connectivity index (χ3v) is 3.90. The minimum Gasteiger partial charge on any atom is -0.368 e. The standard InChI is InChI=1S/C13H22N2O3/c14-13(17)11-7-3-4-8-15(11)12(16)9-18-10-5-1-2-6-10/h10-11H,1-9H2,(H2,14,17)/t11-/m0/s1. The minimum atomic E-state index is -0.432. The maximum absolute atomic E-state index is 12.1. The molecule has 18 heavy (non-hydrogen) atoms. The van der Waals surface area contributed by atoms with E-state index in [0.29, 0.717) is 13.0 Å². The van der Waals surface area contributed by atoms with Crippen LogP contribution in [-0.2, 0) is 14.3 Å². The number of hydrogen-bond acceptors (Lipinski definition) is 3. The number of piperidine rings is 1. The Kier molecular flexibility index (Phi) is 4.58. The van der Waals surface area contributed by atoms with Crippen LogP contribution in [0.15, 0.2) is 0 Å². The molecule has 1 saturated carbocycles. The second-order valence-corrected chi connectivity index (χ2v) is 5.22. The van der Waals surface area contributed by atoms with E-state index < -0.39 is 11.9 Å². The first-order valence-electron chi connectivity index (χ1n) is 6.89. The molecule has 1 heterocycles. The van der Waals surface area contributed by atoms with E-state index in [2.05, 4.69) is 0 Å². The first kappa shape index (κ1) is 13.3. The summed E-state index contributed by atoms with van der Waals surface area (Å²) in [6.07, 6.45) is 7.29. The van der Waals surface area contributed by atoms with E-state index in [1.807, 2.05) is 0 Å². The first-order valence-corrected chi connectivity index (χ1v) is 6.89. The zero-order chi connectivity index (χ0) is 13.0. The second kappa shape index (κ2) is 6.18. The summed E-state index contributed by atoms with van der Waals surface area (Å²) in [5, 5.41) is 0. The Morgan fingerprint density at radius 2 is 1.78 bits per heavy atom. The van der Waals surface area contributed by atoms with Crippen molar-refractivity contribution in [2.45, 2.75) is 57.1 Å². The van der Waals surface area contributed by atoms with Gasteiger partial charge in [-0.15, -0.1) is 0 Å². The molecule has 2 rings (SSSR count). The van der Waals surface area contributed by atoms with E-state index in [-0.39, 0.29) is 18.6 Å². The van der Waals surface area contributed by atoms with Crippen molar-refractivity contribution in [2.75, 3.05) is 13.2 Å². The average Bonchev–Trinajstić information content (AvgIpc) is 2.89. The van der Waals surface area contributed by atoms with Gasteiger partial charge in [0, 0.05) is 6.54 Å². The van der Waals surface area contributed by atoms with Crippen LogP contribution in [0.2, 0.25) is 0 Å². The van der Waals surface area contributed by atoms with Crippen LogP contribution in [0.1, 0.15) is 44.9 Å². The van der Waals surface area contributed by atoms with Crippen molar-refractivity contribution in [3.63, 3.8) is 0 Å². The molecular weight excluding hydrogens is 232 g/mol. The van der Waals surface area contributed by atoms with Gasteiger partial charge in [0.15, 0.2) is 0 Å². The fourth-order valence-electron chi connectivity index (χ4n) is 2.85. The van der Waals surface area contributed by atoms with Crippen molar-refractivity contribution < 1.29 is 14.3 Å². The SMILES string of the molecule is NC(=O)[C@@H]1CCCCN1C(=O)COC1CCCC1. The van der Waals surface area contributed by atoms with Crippen LogP contribution in [0, 0.1) is 0 Å². The first-order chi connectivity index (χ1) is 8.68. The number of carbonyl (C=O) groups is 2. The summed E-state index contributed by atoms with van der Waals surface area (Å²) >= 11 is 0. The Balaban J connectivity index is 1.83. The zero-order valence-corrected chi connectivity index (χ0v) is 10.8. The van der Waals surface area contributed by atoms with Gasteiger partial charge in [0.1, 0.15) is 12.6 Å². The van der Waals surface area contributed by atoms with E-state index in [1.165, 1.54) is 12.8 Å². The summed E-state index contributed by atoms with van der Waals surface area (Å²) in [6.45, 7) is 0.717. The molecule has 102 valence electrons. The molecule has 0 aromatic carbocycles. The van der Waals surface area contributed by atoms with Crippen LogP contribution < -0.4 is 5.73 Å². The van der Waals surface area contributed by atoms with Crippen LogP contribution in [0.5, 0.6) is 0 Å². The van der Waals surface area contributed by atoms with Crippen LogP contribution in [0.3, 0.4) is 0 Å². The maximum Gasteiger partial charge on any atom is 0.249 e. The Bertz CT molecular complexity index is 313. The molecule has 2 amide bonds. The minimum absolute atomic E-state index is 0.0917. The summed E-state index contributed by atoms with van der Waals surface area (Å²) in [5.41, 5.74) is 5.34. The number of nitrogens with two attached hydrogens (primary N) is 1. The molecule has 0 bridgehead atoms. The van der Waals surface area contributed by atoms with Crippen LogP contribution in [0.4, 0.5) is 0 Å². The fourth-order valence-corrected chi connectivity index (χ4v) is 2.85. The number of primary amides is 1. The predicted molar refractivity (Wildman–Crippen MR) is 66.8 cm³/mol. The monoisotopic (exact) mass is 254 g/mol. The van der Waals surface area contributed by atoms with E-state index in [1.54, 1.807) is 4.90 Å². The van der Waals surface area contributed by atoms with Gasteiger partial charge in [-0.2, -0.15) is 0 Å². The molecule has 5 nitrogen and oxygen atoms in total. The van der Waals surface area contributed by atoms with Crippen molar-refractivity contribution in [3.05, 3.63) is 0 Å². The van der Waals surface area contributed by atoms with Crippen LogP contribution in [0.25, 0.3) is 0 Å². The lowest BCUT2D eigenvalue weighted by atomic mass is 10.0. The Labute approximate surface area is 108 Å². The lowest BCUT2D eigenvalue weighted by Crippen LogP contribution is -2.51. The van der Waals surface area contributed by atoms with Gasteiger partial charge in [-0.05, 0) is 32.1 Å². The molecule has 0 radical (unpaired) electrons. The van der Waals surface area contributed by atoms with Gasteiger partial charge in [-0.3, -0.25) is 9.59 Å². The summed E-state index contributed by atoms with van der Waals surface area (Å²) in [5.74, 6) is -0.491. The highest BCUT2D eigenvalue weighted by molar-refractivity contribution is 5.87. The molecule has 1 aliphatic carbocycles. The van der Waals surface area contributed by atoms with E-state index in [4.69, 9.17) is 10.5 Å². The van der Waals surface area contributed by atoms with E-state index in [0.717, 1.165) is 25.7 Å². The normalized spacial score (nSPS) is 25.3. The van der Waals surface area contributed by atoms with Gasteiger partial charge >= 0.3 is 0 Å². The quantitative estimate of drug-likeness (QED) is 0.807. The lowest BCUT2D eigenvalue weighted by Gasteiger charge is -2.33. The fraction of sp³-hybridized carbons (Fsp3) is 0.846. The summed E-state index contributed by atoms with van der Waals surface area (Å²) in [6, 6.07) is -0.432. The molecule has 0 unspecified atom stereocenters. The van der Waals surface area contributed by atoms with E-state index >= 15 is 0 Å². The number of ether oxygens (including phenoxy) is 1. The van der Waals surface area contributed by atoms with Crippen molar-refractivity contribution in [1.29, 1.82) is 0 Å². The van der Waals surface area contributed by atoms with Gasteiger partial charge < -0.3 is 15.4 Å². The van der Waals surface area contributed by atoms with Crippen molar-refractivity contribution in [1.82, 2.24) is 4.90 Å². The van der Waals surface area contributed by atoms with Crippen LogP contribution in [-0.4, -0.2) is 42.0 Å². The van der Waals surface area contributed by atoms with Gasteiger partial charge in [0.2, 0.25) is 11.8 Å². The number of carbonyl (C=O) groups excluding carboxylic acids is 2. The van der Waals surface area contributed by atoms with E-state index in [9.17, 15) is 9.59 Å². The largest absolute Gasteiger partial charge is 0.368 e. The Morgan fingerprint density at radius 1 is 1.11 bits per heavy atom. The summed E-state index contributed by atoms with van der Waals surface area (Å²) in [7, 11) is 0. The molecule has 0 spiro atoms. The number of nitrogens with zero attached hydrogens (tertiary/aromatic N) is 1.